The van der Waals surface area contributed by atoms with Gasteiger partial charge in [0, 0.05) is 5.56 Å². The van der Waals surface area contributed by atoms with E-state index in [-0.39, 0.29) is 0 Å². The fourth-order valence-corrected chi connectivity index (χ4v) is 2.13. The van der Waals surface area contributed by atoms with Gasteiger partial charge >= 0.3 is 0 Å². The molecule has 0 amide bonds. The molecule has 4 nitrogen and oxygen atoms in total. The number of benzene rings is 1. The van der Waals surface area contributed by atoms with E-state index in [1.54, 1.807) is 0 Å². The van der Waals surface area contributed by atoms with Crippen molar-refractivity contribution < 1.29 is 5.03 Å². The third-order valence-corrected chi connectivity index (χ3v) is 3.09. The van der Waals surface area contributed by atoms with Gasteiger partial charge in [0.05, 0.1) is 5.10 Å². The van der Waals surface area contributed by atoms with E-state index in [0.717, 1.165) is 24.0 Å². The van der Waals surface area contributed by atoms with Gasteiger partial charge in [-0.05, 0) is 55.9 Å². The largest absolute Gasteiger partial charge is 0.233 e. The van der Waals surface area contributed by atoms with Crippen molar-refractivity contribution in [2.24, 2.45) is 5.10 Å². The smallest absolute Gasteiger partial charge is 0.191 e. The number of fused-ring (bicyclic) bond motifs is 1. The highest BCUT2D eigenvalue weighted by Gasteiger charge is 2.19. The second-order valence-corrected chi connectivity index (χ2v) is 4.23. The Labute approximate surface area is 94.1 Å². The molecule has 0 bridgehead atoms. The average Bonchev–Trinajstić information content (AvgIpc) is 2.20. The number of rotatable bonds is 1. The first-order chi connectivity index (χ1) is 7.58. The van der Waals surface area contributed by atoms with Crippen molar-refractivity contribution in [1.29, 1.82) is 0 Å². The van der Waals surface area contributed by atoms with E-state index >= 15 is 0 Å². The lowest BCUT2D eigenvalue weighted by Crippen LogP contribution is -2.14. The second-order valence-electron chi connectivity index (χ2n) is 4.23. The van der Waals surface area contributed by atoms with Gasteiger partial charge in [-0.1, -0.05) is 6.07 Å². The third kappa shape index (κ3) is 1.96. The predicted octanol–water partition coefficient (Wildman–Crippen LogP) is 2.62. The minimum atomic E-state index is -0.598. The molecule has 0 aromatic heterocycles. The van der Waals surface area contributed by atoms with Gasteiger partial charge in [0.15, 0.2) is 5.03 Å². The maximum atomic E-state index is 10.4. The summed E-state index contributed by atoms with van der Waals surface area (Å²) in [4.78, 5) is 10.4. The molecule has 1 aliphatic rings. The number of nitro groups is 1. The molecule has 1 aromatic carbocycles. The molecule has 0 aliphatic heterocycles. The zero-order valence-corrected chi connectivity index (χ0v) is 9.49. The van der Waals surface area contributed by atoms with E-state index in [1.165, 1.54) is 11.1 Å². The van der Waals surface area contributed by atoms with Gasteiger partial charge in [0.2, 0.25) is 0 Å². The molecule has 1 aromatic rings. The highest BCUT2D eigenvalue weighted by molar-refractivity contribution is 6.02. The van der Waals surface area contributed by atoms with E-state index in [9.17, 15) is 10.1 Å². The zero-order valence-electron chi connectivity index (χ0n) is 9.49. The summed E-state index contributed by atoms with van der Waals surface area (Å²) in [5, 5.41) is 13.3. The second kappa shape index (κ2) is 4.04. The minimum absolute atomic E-state index is 0.598. The van der Waals surface area contributed by atoms with Crippen LogP contribution in [0.1, 0.15) is 35.1 Å². The van der Waals surface area contributed by atoms with Crippen molar-refractivity contribution in [3.63, 3.8) is 0 Å². The van der Waals surface area contributed by atoms with E-state index < -0.39 is 5.03 Å². The van der Waals surface area contributed by atoms with Crippen molar-refractivity contribution in [2.75, 3.05) is 0 Å². The summed E-state index contributed by atoms with van der Waals surface area (Å²) < 4.78 is 0. The Hall–Kier alpha value is -1.71. The summed E-state index contributed by atoms with van der Waals surface area (Å²) in [5.41, 5.74) is 5.17. The Morgan fingerprint density at radius 2 is 1.94 bits per heavy atom. The van der Waals surface area contributed by atoms with Crippen LogP contribution < -0.4 is 0 Å². The van der Waals surface area contributed by atoms with Gasteiger partial charge in [-0.2, -0.15) is 0 Å². The molecule has 0 fully saturated rings. The van der Waals surface area contributed by atoms with Crippen molar-refractivity contribution in [2.45, 2.75) is 33.1 Å². The van der Waals surface area contributed by atoms with Crippen LogP contribution in [0.4, 0.5) is 0 Å². The number of hydrazone groups is 1. The number of aryl methyl sites for hydroxylation is 3. The molecule has 2 rings (SSSR count). The fraction of sp³-hybridized carbons (Fsp3) is 0.417. The fourth-order valence-electron chi connectivity index (χ4n) is 2.13. The van der Waals surface area contributed by atoms with Crippen LogP contribution in [0.3, 0.4) is 0 Å². The topological polar surface area (TPSA) is 55.5 Å². The molecule has 0 radical (unpaired) electrons. The summed E-state index contributed by atoms with van der Waals surface area (Å²) in [6.07, 6.45) is 2.64. The van der Waals surface area contributed by atoms with Crippen LogP contribution in [0.2, 0.25) is 0 Å². The SMILES string of the molecule is Cc1cc2c(cc1C)/C(=N\[N+](=O)[O-])CCC2. The average molecular weight is 218 g/mol. The van der Waals surface area contributed by atoms with Crippen LogP contribution in [0.15, 0.2) is 17.2 Å². The van der Waals surface area contributed by atoms with Gasteiger partial charge < -0.3 is 0 Å². The Bertz CT molecular complexity index is 478. The lowest BCUT2D eigenvalue weighted by atomic mass is 9.87. The summed E-state index contributed by atoms with van der Waals surface area (Å²) in [6.45, 7) is 4.09. The van der Waals surface area contributed by atoms with E-state index in [1.807, 2.05) is 13.0 Å². The number of hydrogen-bond donors (Lipinski definition) is 0. The van der Waals surface area contributed by atoms with E-state index in [4.69, 9.17) is 0 Å². The van der Waals surface area contributed by atoms with Gasteiger partial charge in [0.1, 0.15) is 5.71 Å². The van der Waals surface area contributed by atoms with Gasteiger partial charge in [-0.15, -0.1) is 0 Å². The Morgan fingerprint density at radius 1 is 1.25 bits per heavy atom. The molecule has 0 unspecified atom stereocenters. The van der Waals surface area contributed by atoms with Crippen LogP contribution in [0.25, 0.3) is 0 Å². The van der Waals surface area contributed by atoms with Gasteiger partial charge in [-0.3, -0.25) is 0 Å². The molecule has 0 spiro atoms. The zero-order chi connectivity index (χ0) is 11.7. The molecule has 16 heavy (non-hydrogen) atoms. The quantitative estimate of drug-likeness (QED) is 0.537. The molecule has 0 N–H and O–H groups in total. The molecule has 4 heteroatoms. The summed E-state index contributed by atoms with van der Waals surface area (Å²) in [6, 6.07) is 4.14. The molecule has 0 atom stereocenters. The molecular weight excluding hydrogens is 204 g/mol. The summed E-state index contributed by atoms with van der Waals surface area (Å²) in [7, 11) is 0. The van der Waals surface area contributed by atoms with Crippen LogP contribution in [0, 0.1) is 24.0 Å². The number of hydrogen-bond acceptors (Lipinski definition) is 2. The standard InChI is InChI=1S/C12H14N2O2/c1-8-6-10-4-3-5-12(13-14(15)16)11(10)7-9(8)2/h6-7H,3-5H2,1-2H3/b13-12-. The molecule has 0 heterocycles. The molecule has 0 saturated heterocycles. The van der Waals surface area contributed by atoms with Crippen molar-refractivity contribution in [3.8, 4) is 0 Å². The first-order valence-corrected chi connectivity index (χ1v) is 5.40. The Kier molecular flexibility index (Phi) is 2.73. The Morgan fingerprint density at radius 3 is 2.62 bits per heavy atom. The molecular formula is C12H14N2O2. The maximum Gasteiger partial charge on any atom is 0.191 e. The lowest BCUT2D eigenvalue weighted by molar-refractivity contribution is -0.485. The Balaban J connectivity index is 2.54. The normalized spacial score (nSPS) is 17.2. The minimum Gasteiger partial charge on any atom is -0.233 e. The van der Waals surface area contributed by atoms with Crippen molar-refractivity contribution in [1.82, 2.24) is 0 Å². The van der Waals surface area contributed by atoms with E-state index in [0.29, 0.717) is 12.1 Å². The van der Waals surface area contributed by atoms with Crippen LogP contribution in [-0.2, 0) is 6.42 Å². The van der Waals surface area contributed by atoms with Crippen LogP contribution in [0.5, 0.6) is 0 Å². The monoisotopic (exact) mass is 218 g/mol. The molecule has 84 valence electrons. The van der Waals surface area contributed by atoms with Crippen molar-refractivity contribution >= 4 is 5.71 Å². The van der Waals surface area contributed by atoms with Gasteiger partial charge in [-0.25, -0.2) is 10.1 Å². The molecule has 0 saturated carbocycles. The third-order valence-electron chi connectivity index (χ3n) is 3.09. The summed E-state index contributed by atoms with van der Waals surface area (Å²) >= 11 is 0. The van der Waals surface area contributed by atoms with Crippen molar-refractivity contribution in [3.05, 3.63) is 44.5 Å². The van der Waals surface area contributed by atoms with E-state index in [2.05, 4.69) is 18.1 Å². The lowest BCUT2D eigenvalue weighted by Gasteiger charge is -2.17. The maximum absolute atomic E-state index is 10.4. The highest BCUT2D eigenvalue weighted by atomic mass is 16.7. The summed E-state index contributed by atoms with van der Waals surface area (Å²) in [5.74, 6) is 0. The predicted molar refractivity (Wildman–Crippen MR) is 62.4 cm³/mol. The first kappa shape index (κ1) is 10.8. The highest BCUT2D eigenvalue weighted by Crippen LogP contribution is 2.25. The van der Waals surface area contributed by atoms with Crippen LogP contribution in [-0.4, -0.2) is 10.7 Å². The van der Waals surface area contributed by atoms with Gasteiger partial charge in [0.25, 0.3) is 0 Å². The number of nitrogens with zero attached hydrogens (tertiary/aromatic N) is 2. The molecule has 1 aliphatic carbocycles. The first-order valence-electron chi connectivity index (χ1n) is 5.40. The van der Waals surface area contributed by atoms with Crippen LogP contribution >= 0.6 is 0 Å².